The second kappa shape index (κ2) is 7.64. The molecule has 0 spiro atoms. The van der Waals surface area contributed by atoms with E-state index in [1.807, 2.05) is 4.90 Å². The van der Waals surface area contributed by atoms with Gasteiger partial charge in [0, 0.05) is 32.7 Å². The molecule has 1 aliphatic carbocycles. The number of nitrogens with two attached hydrogens (primary N) is 2. The maximum absolute atomic E-state index is 12.1. The molecule has 0 bridgehead atoms. The van der Waals surface area contributed by atoms with Crippen LogP contribution in [0.1, 0.15) is 35.2 Å². The molecule has 1 saturated carbocycles. The standard InChI is InChI=1S/C19H28BN4O7/c1-19(22,18(27)23-5-4-21)9-24-7-10(8-24)30-14-3-2-11-12-6-13(12)20(28,29)31-16(11)15(14)17(25)26/h2-3,10,12-13,28-29H,4-9,21-22H2,1H3,(H,23,27)(H,25,26)/q-1/t12-,13-,19-/m0/s1. The molecule has 170 valence electrons. The highest BCUT2D eigenvalue weighted by Gasteiger charge is 2.55. The first-order chi connectivity index (χ1) is 14.5. The lowest BCUT2D eigenvalue weighted by Gasteiger charge is -2.43. The second-order valence-corrected chi connectivity index (χ2v) is 8.94. The van der Waals surface area contributed by atoms with Gasteiger partial charge in [0.15, 0.2) is 0 Å². The third-order valence-corrected chi connectivity index (χ3v) is 6.17. The number of carboxylic acids is 1. The number of likely N-dealkylation sites (tertiary alicyclic amines) is 1. The van der Waals surface area contributed by atoms with Crippen LogP contribution in [-0.4, -0.2) is 83.1 Å². The number of benzene rings is 1. The number of hydrogen-bond acceptors (Lipinski definition) is 9. The Morgan fingerprint density at radius 2 is 2.10 bits per heavy atom. The molecule has 1 aromatic carbocycles. The Morgan fingerprint density at radius 1 is 1.39 bits per heavy atom. The first kappa shape index (κ1) is 21.8. The van der Waals surface area contributed by atoms with E-state index in [1.165, 1.54) is 0 Å². The molecule has 3 aliphatic rings. The summed E-state index contributed by atoms with van der Waals surface area (Å²) in [5.74, 6) is -1.99. The molecule has 2 fully saturated rings. The monoisotopic (exact) mass is 435 g/mol. The summed E-state index contributed by atoms with van der Waals surface area (Å²) < 4.78 is 11.2. The Bertz CT molecular complexity index is 903. The number of fused-ring (bicyclic) bond motifs is 3. The smallest absolute Gasteiger partial charge is 0.434 e. The fourth-order valence-electron chi connectivity index (χ4n) is 4.44. The average molecular weight is 435 g/mol. The van der Waals surface area contributed by atoms with Crippen LogP contribution < -0.4 is 26.2 Å². The molecule has 3 atom stereocenters. The van der Waals surface area contributed by atoms with Crippen molar-refractivity contribution in [1.82, 2.24) is 10.2 Å². The summed E-state index contributed by atoms with van der Waals surface area (Å²) in [5.41, 5.74) is 10.9. The highest BCUT2D eigenvalue weighted by Crippen LogP contribution is 2.63. The molecule has 1 saturated heterocycles. The summed E-state index contributed by atoms with van der Waals surface area (Å²) in [4.78, 5) is 26.0. The summed E-state index contributed by atoms with van der Waals surface area (Å²) in [5, 5.41) is 32.6. The highest BCUT2D eigenvalue weighted by atomic mass is 16.6. The van der Waals surface area contributed by atoms with Gasteiger partial charge < -0.3 is 41.3 Å². The van der Waals surface area contributed by atoms with E-state index >= 15 is 0 Å². The number of hydrogen-bond donors (Lipinski definition) is 6. The average Bonchev–Trinajstić information content (AvgIpc) is 3.45. The zero-order valence-electron chi connectivity index (χ0n) is 17.3. The van der Waals surface area contributed by atoms with Gasteiger partial charge in [-0.25, -0.2) is 4.79 Å². The number of carbonyl (C=O) groups is 2. The zero-order chi connectivity index (χ0) is 22.6. The molecule has 1 aromatic rings. The Hall–Kier alpha value is -2.38. The lowest BCUT2D eigenvalue weighted by molar-refractivity contribution is -0.127. The molecule has 0 unspecified atom stereocenters. The van der Waals surface area contributed by atoms with Crippen molar-refractivity contribution in [2.24, 2.45) is 11.5 Å². The summed E-state index contributed by atoms with van der Waals surface area (Å²) in [6.45, 7) is 0.465. The first-order valence-electron chi connectivity index (χ1n) is 10.4. The Kier molecular flexibility index (Phi) is 5.38. The molecule has 1 amide bonds. The molecule has 12 heteroatoms. The summed E-state index contributed by atoms with van der Waals surface area (Å²) in [6.07, 6.45) is 0.253. The third kappa shape index (κ3) is 4.09. The van der Waals surface area contributed by atoms with E-state index in [0.717, 1.165) is 0 Å². The highest BCUT2D eigenvalue weighted by molar-refractivity contribution is 6.62. The van der Waals surface area contributed by atoms with Crippen molar-refractivity contribution in [1.29, 1.82) is 0 Å². The van der Waals surface area contributed by atoms with Gasteiger partial charge in [-0.15, -0.1) is 0 Å². The Balaban J connectivity index is 1.41. The second-order valence-electron chi connectivity index (χ2n) is 8.94. The number of nitrogens with zero attached hydrogens (tertiary/aromatic N) is 1. The van der Waals surface area contributed by atoms with E-state index in [1.54, 1.807) is 19.1 Å². The SMILES string of the molecule is C[C@](N)(CN1CC(Oc2ccc3c(c2C(=O)O)O[B-](O)(O)[C@H]2C[C@@H]32)C1)C(=O)NCCN. The van der Waals surface area contributed by atoms with Crippen LogP contribution in [0, 0.1) is 0 Å². The lowest BCUT2D eigenvalue weighted by atomic mass is 9.68. The fraction of sp³-hybridized carbons (Fsp3) is 0.579. The van der Waals surface area contributed by atoms with Crippen LogP contribution in [0.3, 0.4) is 0 Å². The van der Waals surface area contributed by atoms with Crippen molar-refractivity contribution >= 4 is 18.6 Å². The lowest BCUT2D eigenvalue weighted by Crippen LogP contribution is -2.64. The van der Waals surface area contributed by atoms with Gasteiger partial charge in [-0.2, -0.15) is 0 Å². The molecule has 2 aliphatic heterocycles. The number of ether oxygens (including phenoxy) is 1. The molecular formula is C19H28BN4O7-. The Labute approximate surface area is 179 Å². The van der Waals surface area contributed by atoms with Crippen molar-refractivity contribution in [3.05, 3.63) is 23.3 Å². The number of carboxylic acid groups (broad SMARTS) is 1. The predicted octanol–water partition coefficient (Wildman–Crippen LogP) is -1.59. The summed E-state index contributed by atoms with van der Waals surface area (Å²) in [7, 11) is 0. The van der Waals surface area contributed by atoms with E-state index < -0.39 is 24.1 Å². The van der Waals surface area contributed by atoms with Crippen molar-refractivity contribution in [2.75, 3.05) is 32.7 Å². The van der Waals surface area contributed by atoms with Crippen molar-refractivity contribution in [3.63, 3.8) is 0 Å². The minimum Gasteiger partial charge on any atom is -0.669 e. The fourth-order valence-corrected chi connectivity index (χ4v) is 4.44. The topological polar surface area (TPSA) is 181 Å². The molecule has 0 aromatic heterocycles. The number of nitrogens with one attached hydrogen (secondary N) is 1. The minimum atomic E-state index is -3.09. The van der Waals surface area contributed by atoms with Gasteiger partial charge in [0.25, 0.3) is 0 Å². The normalized spacial score (nSPS) is 25.8. The maximum Gasteiger partial charge on any atom is 0.434 e. The quantitative estimate of drug-likeness (QED) is 0.261. The van der Waals surface area contributed by atoms with E-state index in [2.05, 4.69) is 5.32 Å². The van der Waals surface area contributed by atoms with Crippen molar-refractivity contribution in [2.45, 2.75) is 36.7 Å². The molecular weight excluding hydrogens is 407 g/mol. The largest absolute Gasteiger partial charge is 0.669 e. The summed E-state index contributed by atoms with van der Waals surface area (Å²) in [6, 6.07) is 3.31. The predicted molar refractivity (Wildman–Crippen MR) is 111 cm³/mol. The summed E-state index contributed by atoms with van der Waals surface area (Å²) >= 11 is 0. The molecule has 11 nitrogen and oxygen atoms in total. The molecule has 0 radical (unpaired) electrons. The van der Waals surface area contributed by atoms with Crippen LogP contribution in [0.25, 0.3) is 0 Å². The number of amides is 1. The van der Waals surface area contributed by atoms with Crippen LogP contribution in [0.2, 0.25) is 5.82 Å². The van der Waals surface area contributed by atoms with E-state index in [0.29, 0.717) is 44.7 Å². The van der Waals surface area contributed by atoms with Crippen LogP contribution >= 0.6 is 0 Å². The van der Waals surface area contributed by atoms with E-state index in [-0.39, 0.29) is 35.0 Å². The van der Waals surface area contributed by atoms with E-state index in [4.69, 9.17) is 20.9 Å². The molecule has 8 N–H and O–H groups in total. The molecule has 31 heavy (non-hydrogen) atoms. The first-order valence-corrected chi connectivity index (χ1v) is 10.4. The molecule has 2 heterocycles. The number of rotatable bonds is 8. The van der Waals surface area contributed by atoms with Crippen LogP contribution in [0.4, 0.5) is 0 Å². The van der Waals surface area contributed by atoms with Gasteiger partial charge in [-0.3, -0.25) is 9.69 Å². The third-order valence-electron chi connectivity index (χ3n) is 6.17. The van der Waals surface area contributed by atoms with Gasteiger partial charge >= 0.3 is 12.7 Å². The number of aromatic carboxylic acids is 1. The van der Waals surface area contributed by atoms with Crippen LogP contribution in [0.5, 0.6) is 11.5 Å². The van der Waals surface area contributed by atoms with Crippen LogP contribution in [-0.2, 0) is 4.79 Å². The van der Waals surface area contributed by atoms with Gasteiger partial charge in [-0.1, -0.05) is 18.3 Å². The van der Waals surface area contributed by atoms with E-state index in [9.17, 15) is 24.7 Å². The van der Waals surface area contributed by atoms with Gasteiger partial charge in [-0.05, 0) is 24.5 Å². The maximum atomic E-state index is 12.1. The van der Waals surface area contributed by atoms with Gasteiger partial charge in [0.05, 0.1) is 5.75 Å². The van der Waals surface area contributed by atoms with Crippen molar-refractivity contribution < 1.29 is 34.1 Å². The zero-order valence-corrected chi connectivity index (χ0v) is 17.3. The Morgan fingerprint density at radius 3 is 2.74 bits per heavy atom. The van der Waals surface area contributed by atoms with Crippen molar-refractivity contribution in [3.8, 4) is 11.5 Å². The minimum absolute atomic E-state index is 0.0314. The number of carbonyl (C=O) groups excluding carboxylic acids is 1. The van der Waals surface area contributed by atoms with Gasteiger partial charge in [0.1, 0.15) is 23.0 Å². The molecule has 4 rings (SSSR count). The van der Waals surface area contributed by atoms with Gasteiger partial charge in [0.2, 0.25) is 5.91 Å². The van der Waals surface area contributed by atoms with Crippen LogP contribution in [0.15, 0.2) is 12.1 Å².